The lowest BCUT2D eigenvalue weighted by atomic mass is 10.1. The molecule has 2 fully saturated rings. The minimum absolute atomic E-state index is 0.158. The van der Waals surface area contributed by atoms with Crippen LogP contribution in [-0.4, -0.2) is 72.3 Å². The van der Waals surface area contributed by atoms with Crippen LogP contribution in [0.15, 0.2) is 22.7 Å². The molecular formula is C19H25BrFN3O2. The van der Waals surface area contributed by atoms with Gasteiger partial charge in [0.15, 0.2) is 0 Å². The molecular weight excluding hydrogens is 401 g/mol. The summed E-state index contributed by atoms with van der Waals surface area (Å²) < 4.78 is 14.0. The third kappa shape index (κ3) is 4.82. The van der Waals surface area contributed by atoms with Crippen LogP contribution in [-0.2, 0) is 4.79 Å². The highest BCUT2D eigenvalue weighted by atomic mass is 79.9. The van der Waals surface area contributed by atoms with E-state index in [4.69, 9.17) is 0 Å². The molecule has 0 bridgehead atoms. The van der Waals surface area contributed by atoms with E-state index in [2.05, 4.69) is 20.8 Å². The maximum absolute atomic E-state index is 13.6. The van der Waals surface area contributed by atoms with Crippen LogP contribution in [0.1, 0.15) is 36.0 Å². The Hall–Kier alpha value is -1.47. The van der Waals surface area contributed by atoms with Gasteiger partial charge in [-0.3, -0.25) is 14.5 Å². The van der Waals surface area contributed by atoms with Gasteiger partial charge in [0.05, 0.1) is 11.0 Å². The lowest BCUT2D eigenvalue weighted by Gasteiger charge is -2.35. The first-order valence-electron chi connectivity index (χ1n) is 9.29. The number of halogens is 2. The number of piperazine rings is 1. The molecule has 0 spiro atoms. The van der Waals surface area contributed by atoms with Gasteiger partial charge in [0, 0.05) is 44.8 Å². The monoisotopic (exact) mass is 425 g/mol. The first-order valence-corrected chi connectivity index (χ1v) is 10.1. The van der Waals surface area contributed by atoms with Crippen LogP contribution in [0.25, 0.3) is 0 Å². The fraction of sp³-hybridized carbons (Fsp3) is 0.579. The molecule has 26 heavy (non-hydrogen) atoms. The molecule has 2 aliphatic rings. The molecule has 2 saturated heterocycles. The van der Waals surface area contributed by atoms with E-state index in [-0.39, 0.29) is 11.8 Å². The number of likely N-dealkylation sites (tertiary alicyclic amines) is 1. The zero-order valence-electron chi connectivity index (χ0n) is 14.9. The number of amides is 2. The van der Waals surface area contributed by atoms with Crippen LogP contribution in [0.3, 0.4) is 0 Å². The quantitative estimate of drug-likeness (QED) is 0.747. The fourth-order valence-corrected chi connectivity index (χ4v) is 3.78. The van der Waals surface area contributed by atoms with E-state index in [1.165, 1.54) is 18.9 Å². The number of carbonyl (C=O) groups is 2. The molecule has 2 aliphatic heterocycles. The first kappa shape index (κ1) is 19.3. The average Bonchev–Trinajstić information content (AvgIpc) is 2.93. The Bertz CT molecular complexity index is 654. The highest BCUT2D eigenvalue weighted by Crippen LogP contribution is 2.18. The summed E-state index contributed by atoms with van der Waals surface area (Å²) in [6.45, 7) is 4.62. The second-order valence-electron chi connectivity index (χ2n) is 6.99. The largest absolute Gasteiger partial charge is 0.342 e. The summed E-state index contributed by atoms with van der Waals surface area (Å²) >= 11 is 3.10. The third-order valence-electron chi connectivity index (χ3n) is 5.14. The number of nitrogens with zero attached hydrogens (tertiary/aromatic N) is 3. The van der Waals surface area contributed by atoms with Crippen molar-refractivity contribution in [2.45, 2.75) is 25.7 Å². The van der Waals surface area contributed by atoms with Crippen molar-refractivity contribution in [2.24, 2.45) is 0 Å². The summed E-state index contributed by atoms with van der Waals surface area (Å²) in [4.78, 5) is 30.8. The predicted octanol–water partition coefficient (Wildman–Crippen LogP) is 2.75. The molecule has 0 aliphatic carbocycles. The number of hydrogen-bond acceptors (Lipinski definition) is 3. The van der Waals surface area contributed by atoms with Gasteiger partial charge in [-0.1, -0.05) is 12.8 Å². The van der Waals surface area contributed by atoms with E-state index >= 15 is 0 Å². The SMILES string of the molecule is O=C(CN1CCN(C(=O)c2ccc(Br)c(F)c2)CC1)N1CCCCCC1. The molecule has 0 atom stereocenters. The average molecular weight is 426 g/mol. The molecule has 2 amide bonds. The second kappa shape index (κ2) is 8.95. The molecule has 2 heterocycles. The van der Waals surface area contributed by atoms with Crippen LogP contribution in [0.5, 0.6) is 0 Å². The topological polar surface area (TPSA) is 43.9 Å². The first-order chi connectivity index (χ1) is 12.5. The van der Waals surface area contributed by atoms with Gasteiger partial charge in [-0.25, -0.2) is 4.39 Å². The van der Waals surface area contributed by atoms with Gasteiger partial charge < -0.3 is 9.80 Å². The summed E-state index contributed by atoms with van der Waals surface area (Å²) in [7, 11) is 0. The van der Waals surface area contributed by atoms with E-state index < -0.39 is 5.82 Å². The van der Waals surface area contributed by atoms with Crippen LogP contribution in [0.2, 0.25) is 0 Å². The van der Waals surface area contributed by atoms with E-state index in [1.54, 1.807) is 17.0 Å². The number of hydrogen-bond donors (Lipinski definition) is 0. The Morgan fingerprint density at radius 3 is 2.19 bits per heavy atom. The minimum atomic E-state index is -0.433. The molecule has 5 nitrogen and oxygen atoms in total. The van der Waals surface area contributed by atoms with Crippen molar-refractivity contribution in [2.75, 3.05) is 45.8 Å². The van der Waals surface area contributed by atoms with Crippen molar-refractivity contribution in [1.82, 2.24) is 14.7 Å². The second-order valence-corrected chi connectivity index (χ2v) is 7.85. The van der Waals surface area contributed by atoms with Crippen molar-refractivity contribution in [3.8, 4) is 0 Å². The zero-order valence-corrected chi connectivity index (χ0v) is 16.5. The van der Waals surface area contributed by atoms with Crippen molar-refractivity contribution in [1.29, 1.82) is 0 Å². The van der Waals surface area contributed by atoms with E-state index in [1.807, 2.05) is 4.90 Å². The summed E-state index contributed by atoms with van der Waals surface area (Å²) in [5, 5.41) is 0. The smallest absolute Gasteiger partial charge is 0.254 e. The fourth-order valence-electron chi connectivity index (χ4n) is 3.53. The molecule has 0 radical (unpaired) electrons. The molecule has 0 N–H and O–H groups in total. The number of benzene rings is 1. The standard InChI is InChI=1S/C19H25BrFN3O2/c20-16-6-5-15(13-17(16)21)19(26)24-11-9-22(10-12-24)14-18(25)23-7-3-1-2-4-8-23/h5-6,13H,1-4,7-12,14H2. The maximum Gasteiger partial charge on any atom is 0.254 e. The molecule has 1 aromatic rings. The number of carbonyl (C=O) groups excluding carboxylic acids is 2. The van der Waals surface area contributed by atoms with Crippen molar-refractivity contribution in [3.63, 3.8) is 0 Å². The third-order valence-corrected chi connectivity index (χ3v) is 5.79. The lowest BCUT2D eigenvalue weighted by molar-refractivity contribution is -0.132. The van der Waals surface area contributed by atoms with Crippen molar-refractivity contribution < 1.29 is 14.0 Å². The van der Waals surface area contributed by atoms with Crippen LogP contribution >= 0.6 is 15.9 Å². The molecule has 0 unspecified atom stereocenters. The van der Waals surface area contributed by atoms with E-state index in [0.29, 0.717) is 42.8 Å². The molecule has 7 heteroatoms. The van der Waals surface area contributed by atoms with E-state index in [9.17, 15) is 14.0 Å². The maximum atomic E-state index is 13.6. The summed E-state index contributed by atoms with van der Waals surface area (Å²) in [6, 6.07) is 4.45. The van der Waals surface area contributed by atoms with Gasteiger partial charge in [0.25, 0.3) is 5.91 Å². The van der Waals surface area contributed by atoms with Crippen LogP contribution < -0.4 is 0 Å². The number of rotatable bonds is 3. The molecule has 3 rings (SSSR count). The minimum Gasteiger partial charge on any atom is -0.342 e. The normalized spacial score (nSPS) is 19.3. The Labute approximate surface area is 162 Å². The van der Waals surface area contributed by atoms with Crippen molar-refractivity contribution >= 4 is 27.7 Å². The summed E-state index contributed by atoms with van der Waals surface area (Å²) in [5.74, 6) is -0.394. The Balaban J connectivity index is 1.49. The Morgan fingerprint density at radius 2 is 1.58 bits per heavy atom. The molecule has 0 saturated carbocycles. The summed E-state index contributed by atoms with van der Waals surface area (Å²) in [5.41, 5.74) is 0.361. The van der Waals surface area contributed by atoms with E-state index in [0.717, 1.165) is 25.9 Å². The van der Waals surface area contributed by atoms with Gasteiger partial charge in [-0.15, -0.1) is 0 Å². The molecule has 1 aromatic carbocycles. The molecule has 142 valence electrons. The predicted molar refractivity (Wildman–Crippen MR) is 101 cm³/mol. The lowest BCUT2D eigenvalue weighted by Crippen LogP contribution is -2.51. The van der Waals surface area contributed by atoms with Gasteiger partial charge in [0.1, 0.15) is 5.82 Å². The van der Waals surface area contributed by atoms with Crippen LogP contribution in [0, 0.1) is 5.82 Å². The van der Waals surface area contributed by atoms with Gasteiger partial charge >= 0.3 is 0 Å². The van der Waals surface area contributed by atoms with Crippen LogP contribution in [0.4, 0.5) is 4.39 Å². The highest BCUT2D eigenvalue weighted by molar-refractivity contribution is 9.10. The van der Waals surface area contributed by atoms with Gasteiger partial charge in [-0.05, 0) is 47.0 Å². The van der Waals surface area contributed by atoms with Gasteiger partial charge in [-0.2, -0.15) is 0 Å². The Kier molecular flexibility index (Phi) is 6.64. The zero-order chi connectivity index (χ0) is 18.5. The molecule has 0 aromatic heterocycles. The van der Waals surface area contributed by atoms with Gasteiger partial charge in [0.2, 0.25) is 5.91 Å². The summed E-state index contributed by atoms with van der Waals surface area (Å²) in [6.07, 6.45) is 4.61. The highest BCUT2D eigenvalue weighted by Gasteiger charge is 2.25. The Morgan fingerprint density at radius 1 is 0.923 bits per heavy atom. The van der Waals surface area contributed by atoms with Crippen molar-refractivity contribution in [3.05, 3.63) is 34.1 Å².